The van der Waals surface area contributed by atoms with Gasteiger partial charge in [-0.1, -0.05) is 41.2 Å². The molecule has 0 bridgehead atoms. The van der Waals surface area contributed by atoms with Crippen LogP contribution >= 0.6 is 35.1 Å². The Morgan fingerprint density at radius 2 is 1.97 bits per heavy atom. The van der Waals surface area contributed by atoms with E-state index in [0.717, 1.165) is 32.6 Å². The molecule has 2 heterocycles. The number of benzene rings is 2. The van der Waals surface area contributed by atoms with E-state index < -0.39 is 0 Å². The first-order valence-electron chi connectivity index (χ1n) is 9.02. The third-order valence-electron chi connectivity index (χ3n) is 4.45. The van der Waals surface area contributed by atoms with Crippen LogP contribution < -0.4 is 10.3 Å². The number of amides is 1. The summed E-state index contributed by atoms with van der Waals surface area (Å²) in [6, 6.07) is 13.4. The number of aryl methyl sites for hydroxylation is 1. The van der Waals surface area contributed by atoms with Crippen molar-refractivity contribution in [1.82, 2.24) is 5.43 Å². The quantitative estimate of drug-likeness (QED) is 0.617. The number of fused-ring (bicyclic) bond motifs is 1. The van der Waals surface area contributed by atoms with Crippen LogP contribution in [0.25, 0.3) is 0 Å². The Morgan fingerprint density at radius 3 is 2.72 bits per heavy atom. The zero-order valence-corrected chi connectivity index (χ0v) is 18.6. The third-order valence-corrected chi connectivity index (χ3v) is 6.98. The molecule has 0 saturated carbocycles. The molecule has 0 spiro atoms. The molecule has 1 N–H and O–H groups in total. The first-order chi connectivity index (χ1) is 13.9. The SMILES string of the molecule is CC1=Nc2ccc(C)cc2S/C1=C(/C)N/N=C1\SCC(=O)N1c1ccc(Cl)cc1. The van der Waals surface area contributed by atoms with E-state index in [0.29, 0.717) is 15.9 Å². The molecule has 2 aliphatic heterocycles. The molecule has 0 unspecified atom stereocenters. The molecule has 1 fully saturated rings. The number of hydrogen-bond acceptors (Lipinski definition) is 6. The molecule has 1 amide bonds. The Balaban J connectivity index is 1.59. The van der Waals surface area contributed by atoms with Crippen LogP contribution in [-0.2, 0) is 4.79 Å². The predicted octanol–water partition coefficient (Wildman–Crippen LogP) is 5.72. The molecule has 0 radical (unpaired) electrons. The smallest absolute Gasteiger partial charge is 0.243 e. The zero-order valence-electron chi connectivity index (χ0n) is 16.2. The highest BCUT2D eigenvalue weighted by Gasteiger charge is 2.30. The lowest BCUT2D eigenvalue weighted by Crippen LogP contribution is -2.30. The highest BCUT2D eigenvalue weighted by atomic mass is 35.5. The van der Waals surface area contributed by atoms with Gasteiger partial charge >= 0.3 is 0 Å². The number of anilines is 1. The molecule has 4 rings (SSSR count). The fourth-order valence-electron chi connectivity index (χ4n) is 3.03. The number of aliphatic imine (C=N–C) groups is 1. The van der Waals surface area contributed by atoms with Crippen LogP contribution in [0.2, 0.25) is 5.02 Å². The summed E-state index contributed by atoms with van der Waals surface area (Å²) < 4.78 is 0. The van der Waals surface area contributed by atoms with Gasteiger partial charge in [-0.05, 0) is 62.7 Å². The van der Waals surface area contributed by atoms with Crippen LogP contribution in [0.15, 0.2) is 68.1 Å². The third kappa shape index (κ3) is 4.22. The maximum atomic E-state index is 12.4. The Hall–Kier alpha value is -2.22. The van der Waals surface area contributed by atoms with Crippen LogP contribution in [0.5, 0.6) is 0 Å². The average molecular weight is 443 g/mol. The van der Waals surface area contributed by atoms with Gasteiger partial charge in [0.2, 0.25) is 5.91 Å². The van der Waals surface area contributed by atoms with Crippen molar-refractivity contribution >= 4 is 63.3 Å². The van der Waals surface area contributed by atoms with Crippen LogP contribution in [0.3, 0.4) is 0 Å². The number of hydrazone groups is 1. The first-order valence-corrected chi connectivity index (χ1v) is 11.2. The van der Waals surface area contributed by atoms with Gasteiger partial charge in [0.05, 0.1) is 27.7 Å². The highest BCUT2D eigenvalue weighted by Crippen LogP contribution is 2.41. The Morgan fingerprint density at radius 1 is 1.21 bits per heavy atom. The van der Waals surface area contributed by atoms with Crippen molar-refractivity contribution < 1.29 is 4.79 Å². The maximum Gasteiger partial charge on any atom is 0.243 e. The van der Waals surface area contributed by atoms with Gasteiger partial charge in [-0.2, -0.15) is 0 Å². The molecule has 1 saturated heterocycles. The molecule has 2 aliphatic rings. The summed E-state index contributed by atoms with van der Waals surface area (Å²) >= 11 is 9.06. The highest BCUT2D eigenvalue weighted by molar-refractivity contribution is 8.15. The van der Waals surface area contributed by atoms with Crippen LogP contribution in [0.1, 0.15) is 19.4 Å². The van der Waals surface area contributed by atoms with Gasteiger partial charge in [-0.15, -0.1) is 5.10 Å². The molecular weight excluding hydrogens is 424 g/mol. The minimum Gasteiger partial charge on any atom is -0.279 e. The van der Waals surface area contributed by atoms with Crippen molar-refractivity contribution in [3.05, 3.63) is 63.7 Å². The van der Waals surface area contributed by atoms with Gasteiger partial charge in [-0.3, -0.25) is 20.1 Å². The second-order valence-electron chi connectivity index (χ2n) is 6.73. The second-order valence-corrected chi connectivity index (χ2v) is 9.16. The zero-order chi connectivity index (χ0) is 20.5. The molecule has 0 aromatic heterocycles. The van der Waals surface area contributed by atoms with Gasteiger partial charge in [0.1, 0.15) is 0 Å². The number of halogens is 1. The summed E-state index contributed by atoms with van der Waals surface area (Å²) in [6.45, 7) is 6.05. The normalized spacial score (nSPS) is 19.3. The number of nitrogens with zero attached hydrogens (tertiary/aromatic N) is 3. The number of thioether (sulfide) groups is 2. The minimum atomic E-state index is -0.00244. The standard InChI is InChI=1S/C21H19ClN4OS2/c1-12-4-9-17-18(10-12)29-20(13(2)23-17)14(3)24-25-21-26(19(27)11-28-21)16-7-5-15(22)6-8-16/h4-10,24H,11H2,1-3H3/b20-14-,25-21-. The summed E-state index contributed by atoms with van der Waals surface area (Å²) in [5, 5.41) is 5.76. The van der Waals surface area contributed by atoms with E-state index in [1.165, 1.54) is 17.3 Å². The summed E-state index contributed by atoms with van der Waals surface area (Å²) in [4.78, 5) is 20.9. The Bertz CT molecular complexity index is 1080. The molecular formula is C21H19ClN4OS2. The van der Waals surface area contributed by atoms with E-state index in [1.807, 2.05) is 32.0 Å². The Labute approximate surface area is 183 Å². The molecule has 29 heavy (non-hydrogen) atoms. The number of hydrogen-bond donors (Lipinski definition) is 1. The van der Waals surface area contributed by atoms with Crippen molar-refractivity contribution in [2.24, 2.45) is 10.1 Å². The van der Waals surface area contributed by atoms with Crippen molar-refractivity contribution in [2.75, 3.05) is 10.7 Å². The van der Waals surface area contributed by atoms with E-state index in [-0.39, 0.29) is 5.91 Å². The van der Waals surface area contributed by atoms with Crippen LogP contribution in [0, 0.1) is 6.92 Å². The fourth-order valence-corrected chi connectivity index (χ4v) is 5.06. The summed E-state index contributed by atoms with van der Waals surface area (Å²) in [6.07, 6.45) is 0. The summed E-state index contributed by atoms with van der Waals surface area (Å²) in [5.41, 5.74) is 7.92. The second kappa shape index (κ2) is 8.26. The summed E-state index contributed by atoms with van der Waals surface area (Å²) in [5.74, 6) is 0.359. The average Bonchev–Trinajstić information content (AvgIpc) is 3.07. The Kier molecular flexibility index (Phi) is 5.72. The summed E-state index contributed by atoms with van der Waals surface area (Å²) in [7, 11) is 0. The molecule has 8 heteroatoms. The van der Waals surface area contributed by atoms with Crippen molar-refractivity contribution in [3.8, 4) is 0 Å². The van der Waals surface area contributed by atoms with Gasteiger partial charge in [-0.25, -0.2) is 0 Å². The van der Waals surface area contributed by atoms with Crippen molar-refractivity contribution in [1.29, 1.82) is 0 Å². The van der Waals surface area contributed by atoms with Gasteiger partial charge in [0.15, 0.2) is 5.17 Å². The van der Waals surface area contributed by atoms with E-state index in [4.69, 9.17) is 16.6 Å². The number of carbonyl (C=O) groups is 1. The lowest BCUT2D eigenvalue weighted by Gasteiger charge is -2.19. The number of rotatable bonds is 3. The molecule has 0 atom stereocenters. The van der Waals surface area contributed by atoms with E-state index >= 15 is 0 Å². The minimum absolute atomic E-state index is 0.00244. The van der Waals surface area contributed by atoms with Crippen molar-refractivity contribution in [2.45, 2.75) is 25.7 Å². The fraction of sp³-hybridized carbons (Fsp3) is 0.190. The first kappa shape index (κ1) is 20.1. The lowest BCUT2D eigenvalue weighted by atomic mass is 10.2. The van der Waals surface area contributed by atoms with E-state index in [9.17, 15) is 4.79 Å². The van der Waals surface area contributed by atoms with E-state index in [2.05, 4.69) is 29.6 Å². The van der Waals surface area contributed by atoms with Crippen LogP contribution in [-0.4, -0.2) is 22.5 Å². The molecule has 5 nitrogen and oxygen atoms in total. The number of allylic oxidation sites excluding steroid dienone is 2. The molecule has 2 aromatic rings. The van der Waals surface area contributed by atoms with E-state index in [1.54, 1.807) is 28.8 Å². The lowest BCUT2D eigenvalue weighted by molar-refractivity contribution is -0.115. The predicted molar refractivity (Wildman–Crippen MR) is 124 cm³/mol. The van der Waals surface area contributed by atoms with Crippen LogP contribution in [0.4, 0.5) is 11.4 Å². The monoisotopic (exact) mass is 442 g/mol. The molecule has 0 aliphatic carbocycles. The number of carbonyl (C=O) groups excluding carboxylic acids is 1. The van der Waals surface area contributed by atoms with Gasteiger partial charge in [0, 0.05) is 15.6 Å². The number of nitrogens with one attached hydrogen (secondary N) is 1. The molecule has 148 valence electrons. The maximum absolute atomic E-state index is 12.4. The van der Waals surface area contributed by atoms with Gasteiger partial charge in [0.25, 0.3) is 0 Å². The topological polar surface area (TPSA) is 57.1 Å². The molecule has 2 aromatic carbocycles. The largest absolute Gasteiger partial charge is 0.279 e. The number of amidine groups is 1. The van der Waals surface area contributed by atoms with Gasteiger partial charge < -0.3 is 0 Å². The van der Waals surface area contributed by atoms with Crippen molar-refractivity contribution in [3.63, 3.8) is 0 Å².